The zero-order chi connectivity index (χ0) is 11.4. The van der Waals surface area contributed by atoms with Gasteiger partial charge in [0.15, 0.2) is 0 Å². The summed E-state index contributed by atoms with van der Waals surface area (Å²) in [5.41, 5.74) is 0. The maximum absolute atomic E-state index is 11.8. The fraction of sp³-hybridized carbons (Fsp3) is 0.667. The molecule has 0 radical (unpaired) electrons. The highest BCUT2D eigenvalue weighted by atomic mass is 19.4. The van der Waals surface area contributed by atoms with Gasteiger partial charge in [-0.2, -0.15) is 26.3 Å². The van der Waals surface area contributed by atoms with Crippen molar-refractivity contribution in [2.75, 3.05) is 13.2 Å². The molecule has 0 unspecified atom stereocenters. The van der Waals surface area contributed by atoms with Crippen molar-refractivity contribution in [3.63, 3.8) is 0 Å². The van der Waals surface area contributed by atoms with Crippen LogP contribution in [0.3, 0.4) is 0 Å². The quantitative estimate of drug-likeness (QED) is 0.448. The normalized spacial score (nSPS) is 14.3. The Hall–Kier alpha value is -0.760. The average molecular weight is 223 g/mol. The number of nitrogens with zero attached hydrogens (tertiary/aromatic N) is 1. The Morgan fingerprint density at radius 3 is 1.64 bits per heavy atom. The highest BCUT2D eigenvalue weighted by Crippen LogP contribution is 2.32. The zero-order valence-electron chi connectivity index (χ0n) is 6.73. The Bertz CT molecular complexity index is 181. The van der Waals surface area contributed by atoms with Crippen LogP contribution in [-0.2, 0) is 0 Å². The van der Waals surface area contributed by atoms with Crippen molar-refractivity contribution >= 4 is 0 Å². The molecule has 0 bridgehead atoms. The first kappa shape index (κ1) is 13.2. The van der Waals surface area contributed by atoms with E-state index in [2.05, 4.69) is 0 Å². The highest BCUT2D eigenvalue weighted by Gasteiger charge is 2.52. The monoisotopic (exact) mass is 223 g/mol. The Kier molecular flexibility index (Phi) is 4.40. The van der Waals surface area contributed by atoms with Gasteiger partial charge in [-0.15, -0.1) is 4.90 Å². The summed E-state index contributed by atoms with van der Waals surface area (Å²) in [4.78, 5) is -1.59. The fourth-order valence-corrected chi connectivity index (χ4v) is 0.605. The minimum Gasteiger partial charge on any atom is -0.392 e. The van der Waals surface area contributed by atoms with E-state index >= 15 is 0 Å². The maximum Gasteiger partial charge on any atom is 0.467 e. The largest absolute Gasteiger partial charge is 0.467 e. The van der Waals surface area contributed by atoms with Crippen LogP contribution in [0.5, 0.6) is 0 Å². The summed E-state index contributed by atoms with van der Waals surface area (Å²) in [6.45, 7) is -1.98. The number of alkyl halides is 6. The summed E-state index contributed by atoms with van der Waals surface area (Å²) >= 11 is 0. The first-order valence-electron chi connectivity index (χ1n) is 3.36. The first-order valence-corrected chi connectivity index (χ1v) is 3.36. The molecular formula is C6H7F6NO. The van der Waals surface area contributed by atoms with Crippen LogP contribution in [0.2, 0.25) is 0 Å². The molecule has 0 atom stereocenters. The molecule has 0 saturated heterocycles. The van der Waals surface area contributed by atoms with Crippen molar-refractivity contribution in [1.82, 2.24) is 4.90 Å². The molecule has 0 saturated carbocycles. The molecule has 0 rings (SSSR count). The molecule has 0 aliphatic heterocycles. The van der Waals surface area contributed by atoms with Gasteiger partial charge in [0, 0.05) is 6.54 Å². The van der Waals surface area contributed by atoms with Crippen LogP contribution in [0.4, 0.5) is 26.3 Å². The summed E-state index contributed by atoms with van der Waals surface area (Å²) in [6, 6.07) is 0. The van der Waals surface area contributed by atoms with E-state index in [9.17, 15) is 26.3 Å². The van der Waals surface area contributed by atoms with Crippen LogP contribution in [0.15, 0.2) is 12.2 Å². The van der Waals surface area contributed by atoms with Gasteiger partial charge < -0.3 is 5.11 Å². The van der Waals surface area contributed by atoms with E-state index in [1.54, 1.807) is 0 Å². The number of aliphatic hydroxyl groups is 1. The Morgan fingerprint density at radius 2 is 1.36 bits per heavy atom. The second kappa shape index (κ2) is 4.65. The lowest BCUT2D eigenvalue weighted by atomic mass is 10.5. The van der Waals surface area contributed by atoms with E-state index in [1.807, 2.05) is 0 Å². The molecule has 0 aromatic carbocycles. The SMILES string of the molecule is OCC=CCN(C(F)(F)F)C(F)(F)F. The zero-order valence-corrected chi connectivity index (χ0v) is 6.73. The minimum atomic E-state index is -5.47. The molecule has 0 aliphatic carbocycles. The maximum atomic E-state index is 11.8. The van der Waals surface area contributed by atoms with Crippen LogP contribution < -0.4 is 0 Å². The van der Waals surface area contributed by atoms with Gasteiger partial charge in [0.05, 0.1) is 6.61 Å². The number of aliphatic hydroxyl groups excluding tert-OH is 1. The van der Waals surface area contributed by atoms with Gasteiger partial charge in [0.2, 0.25) is 0 Å². The van der Waals surface area contributed by atoms with Gasteiger partial charge in [-0.25, -0.2) is 0 Å². The van der Waals surface area contributed by atoms with Crippen LogP contribution in [0.1, 0.15) is 0 Å². The van der Waals surface area contributed by atoms with Crippen molar-refractivity contribution in [2.24, 2.45) is 0 Å². The van der Waals surface area contributed by atoms with Crippen molar-refractivity contribution in [3.05, 3.63) is 12.2 Å². The summed E-state index contributed by atoms with van der Waals surface area (Å²) in [5.74, 6) is 0. The van der Waals surface area contributed by atoms with Gasteiger partial charge in [0.1, 0.15) is 0 Å². The second-order valence-corrected chi connectivity index (χ2v) is 2.20. The molecule has 0 spiro atoms. The van der Waals surface area contributed by atoms with Crippen molar-refractivity contribution in [2.45, 2.75) is 12.6 Å². The predicted octanol–water partition coefficient (Wildman–Crippen LogP) is 1.88. The highest BCUT2D eigenvalue weighted by molar-refractivity contribution is 4.85. The van der Waals surface area contributed by atoms with E-state index < -0.39 is 30.7 Å². The molecule has 2 nitrogen and oxygen atoms in total. The summed E-state index contributed by atoms with van der Waals surface area (Å²) in [6.07, 6.45) is -9.57. The lowest BCUT2D eigenvalue weighted by Crippen LogP contribution is -2.47. The molecule has 0 amide bonds. The molecule has 0 aliphatic rings. The Morgan fingerprint density at radius 1 is 0.929 bits per heavy atom. The lowest BCUT2D eigenvalue weighted by Gasteiger charge is -2.25. The van der Waals surface area contributed by atoms with E-state index in [0.717, 1.165) is 6.08 Å². The van der Waals surface area contributed by atoms with Crippen LogP contribution in [-0.4, -0.2) is 35.8 Å². The van der Waals surface area contributed by atoms with Gasteiger partial charge in [-0.05, 0) is 0 Å². The number of rotatable bonds is 3. The summed E-state index contributed by atoms with van der Waals surface area (Å²) in [5, 5.41) is 8.12. The predicted molar refractivity (Wildman–Crippen MR) is 35.0 cm³/mol. The van der Waals surface area contributed by atoms with E-state index in [4.69, 9.17) is 5.11 Å². The van der Waals surface area contributed by atoms with Gasteiger partial charge in [-0.3, -0.25) is 0 Å². The molecule has 8 heteroatoms. The summed E-state index contributed by atoms with van der Waals surface area (Å²) < 4.78 is 70.5. The molecule has 1 N–H and O–H groups in total. The van der Waals surface area contributed by atoms with E-state index in [0.29, 0.717) is 6.08 Å². The molecule has 0 heterocycles. The van der Waals surface area contributed by atoms with Crippen molar-refractivity contribution in [1.29, 1.82) is 0 Å². The fourth-order valence-electron chi connectivity index (χ4n) is 0.605. The van der Waals surface area contributed by atoms with Crippen molar-refractivity contribution in [3.8, 4) is 0 Å². The van der Waals surface area contributed by atoms with Crippen LogP contribution in [0, 0.1) is 0 Å². The smallest absolute Gasteiger partial charge is 0.392 e. The van der Waals surface area contributed by atoms with Gasteiger partial charge >= 0.3 is 12.6 Å². The molecular weight excluding hydrogens is 216 g/mol. The third-order valence-corrected chi connectivity index (χ3v) is 1.17. The third kappa shape index (κ3) is 4.47. The van der Waals surface area contributed by atoms with E-state index in [-0.39, 0.29) is 0 Å². The topological polar surface area (TPSA) is 23.5 Å². The van der Waals surface area contributed by atoms with E-state index in [1.165, 1.54) is 0 Å². The van der Waals surface area contributed by atoms with Gasteiger partial charge in [0.25, 0.3) is 0 Å². The molecule has 0 aromatic heterocycles. The molecule has 14 heavy (non-hydrogen) atoms. The van der Waals surface area contributed by atoms with Crippen LogP contribution >= 0.6 is 0 Å². The van der Waals surface area contributed by atoms with Crippen molar-refractivity contribution < 1.29 is 31.4 Å². The Balaban J connectivity index is 4.51. The third-order valence-electron chi connectivity index (χ3n) is 1.17. The molecule has 0 aromatic rings. The number of halogens is 6. The summed E-state index contributed by atoms with van der Waals surface area (Å²) in [7, 11) is 0. The minimum absolute atomic E-state index is 0.584. The Labute approximate surface area is 75.4 Å². The van der Waals surface area contributed by atoms with Gasteiger partial charge in [-0.1, -0.05) is 12.2 Å². The number of hydrogen-bond donors (Lipinski definition) is 1. The van der Waals surface area contributed by atoms with Crippen LogP contribution in [0.25, 0.3) is 0 Å². The second-order valence-electron chi connectivity index (χ2n) is 2.20. The molecule has 84 valence electrons. The lowest BCUT2D eigenvalue weighted by molar-refractivity contribution is -0.369. The average Bonchev–Trinajstić information content (AvgIpc) is 1.92. The first-order chi connectivity index (χ1) is 6.19. The number of hydrogen-bond acceptors (Lipinski definition) is 2. The standard InChI is InChI=1S/C6H7F6NO/c7-5(8,9)13(6(10,11)12)3-1-2-4-14/h1-2,14H,3-4H2. The molecule has 0 fully saturated rings.